The molecule has 0 radical (unpaired) electrons. The van der Waals surface area contributed by atoms with Gasteiger partial charge in [-0.2, -0.15) is 36.3 Å². The van der Waals surface area contributed by atoms with Gasteiger partial charge in [-0.1, -0.05) is 30.3 Å². The van der Waals surface area contributed by atoms with E-state index >= 15 is 0 Å². The first-order chi connectivity index (χ1) is 18.1. The SMILES string of the molecule is O=C(O)C(F)(F)F.O=C(O)C(F)(F)F.O=c1nc(NCc2ccccc2)nc(Nc2ccc3ncsc3c2)[nH]1. The molecule has 0 aliphatic carbocycles. The van der Waals surface area contributed by atoms with Gasteiger partial charge in [0.1, 0.15) is 0 Å². The van der Waals surface area contributed by atoms with Crippen molar-refractivity contribution in [3.8, 4) is 0 Å². The Morgan fingerprint density at radius 3 is 2.08 bits per heavy atom. The second kappa shape index (κ2) is 13.2. The molecule has 4 rings (SSSR count). The molecular formula is C21H16F6N6O5S. The van der Waals surface area contributed by atoms with E-state index < -0.39 is 30.0 Å². The number of alkyl halides is 6. The third-order valence-corrected chi connectivity index (χ3v) is 4.81. The summed E-state index contributed by atoms with van der Waals surface area (Å²) in [6.45, 7) is 0.538. The number of carboxylic acids is 2. The highest BCUT2D eigenvalue weighted by Gasteiger charge is 2.38. The Morgan fingerprint density at radius 2 is 1.51 bits per heavy atom. The lowest BCUT2D eigenvalue weighted by Gasteiger charge is -2.08. The van der Waals surface area contributed by atoms with Crippen molar-refractivity contribution in [2.24, 2.45) is 0 Å². The van der Waals surface area contributed by atoms with Gasteiger partial charge in [-0.15, -0.1) is 11.3 Å². The fourth-order valence-corrected chi connectivity index (χ4v) is 3.09. The first-order valence-corrected chi connectivity index (χ1v) is 11.0. The fourth-order valence-electron chi connectivity index (χ4n) is 2.37. The van der Waals surface area contributed by atoms with Crippen molar-refractivity contribution in [3.63, 3.8) is 0 Å². The molecule has 0 unspecified atom stereocenters. The van der Waals surface area contributed by atoms with Gasteiger partial charge in [0.2, 0.25) is 11.9 Å². The van der Waals surface area contributed by atoms with Gasteiger partial charge in [0, 0.05) is 12.2 Å². The maximum atomic E-state index is 11.8. The topological polar surface area (TPSA) is 170 Å². The number of hydrogen-bond donors (Lipinski definition) is 5. The summed E-state index contributed by atoms with van der Waals surface area (Å²) < 4.78 is 64.5. The second-order valence-corrected chi connectivity index (χ2v) is 7.82. The molecule has 0 fully saturated rings. The van der Waals surface area contributed by atoms with Gasteiger partial charge in [0.25, 0.3) is 0 Å². The molecule has 0 amide bonds. The van der Waals surface area contributed by atoms with E-state index in [2.05, 4.69) is 30.6 Å². The van der Waals surface area contributed by atoms with Crippen molar-refractivity contribution in [2.75, 3.05) is 10.6 Å². The average Bonchev–Trinajstić information content (AvgIpc) is 3.31. The zero-order valence-electron chi connectivity index (χ0n) is 19.0. The Balaban J connectivity index is 0.000000317. The fraction of sp³-hybridized carbons (Fsp3) is 0.143. The van der Waals surface area contributed by atoms with Crippen molar-refractivity contribution >= 4 is 51.1 Å². The summed E-state index contributed by atoms with van der Waals surface area (Å²) in [5.74, 6) is -4.91. The predicted molar refractivity (Wildman–Crippen MR) is 127 cm³/mol. The van der Waals surface area contributed by atoms with Crippen LogP contribution in [-0.2, 0) is 16.1 Å². The summed E-state index contributed by atoms with van der Waals surface area (Å²) >= 11 is 1.56. The quantitative estimate of drug-likeness (QED) is 0.214. The first-order valence-electron chi connectivity index (χ1n) is 10.1. The van der Waals surface area contributed by atoms with Crippen molar-refractivity contribution < 1.29 is 46.1 Å². The maximum absolute atomic E-state index is 11.8. The third-order valence-electron chi connectivity index (χ3n) is 4.02. The lowest BCUT2D eigenvalue weighted by atomic mass is 10.2. The van der Waals surface area contributed by atoms with E-state index in [-0.39, 0.29) is 5.95 Å². The van der Waals surface area contributed by atoms with Crippen LogP contribution in [0.4, 0.5) is 43.9 Å². The van der Waals surface area contributed by atoms with E-state index in [1.54, 1.807) is 16.8 Å². The first kappa shape index (κ1) is 30.5. The summed E-state index contributed by atoms with van der Waals surface area (Å²) in [5.41, 5.74) is 4.17. The Hall–Kier alpha value is -4.74. The number of carbonyl (C=O) groups is 2. The van der Waals surface area contributed by atoms with Crippen LogP contribution in [0.3, 0.4) is 0 Å². The minimum Gasteiger partial charge on any atom is -0.475 e. The minimum absolute atomic E-state index is 0.272. The number of nitrogens with one attached hydrogen (secondary N) is 3. The van der Waals surface area contributed by atoms with Gasteiger partial charge >= 0.3 is 30.0 Å². The van der Waals surface area contributed by atoms with E-state index in [4.69, 9.17) is 19.8 Å². The van der Waals surface area contributed by atoms with Crippen LogP contribution < -0.4 is 16.3 Å². The number of carboxylic acid groups (broad SMARTS) is 2. The number of fused-ring (bicyclic) bond motifs is 1. The molecule has 0 spiro atoms. The summed E-state index contributed by atoms with van der Waals surface area (Å²) in [6, 6.07) is 15.6. The third kappa shape index (κ3) is 10.6. The molecule has 11 nitrogen and oxygen atoms in total. The maximum Gasteiger partial charge on any atom is 0.490 e. The van der Waals surface area contributed by atoms with E-state index in [9.17, 15) is 31.1 Å². The van der Waals surface area contributed by atoms with E-state index in [0.717, 1.165) is 21.5 Å². The summed E-state index contributed by atoms with van der Waals surface area (Å²) in [6.07, 6.45) is -10.2. The van der Waals surface area contributed by atoms with E-state index in [1.165, 1.54) is 0 Å². The van der Waals surface area contributed by atoms with Crippen molar-refractivity contribution in [1.82, 2.24) is 19.9 Å². The number of benzene rings is 2. The highest BCUT2D eigenvalue weighted by molar-refractivity contribution is 7.16. The van der Waals surface area contributed by atoms with Crippen LogP contribution in [0.2, 0.25) is 0 Å². The smallest absolute Gasteiger partial charge is 0.475 e. The normalized spacial score (nSPS) is 10.9. The molecule has 0 bridgehead atoms. The van der Waals surface area contributed by atoms with Crippen LogP contribution in [0.25, 0.3) is 10.2 Å². The second-order valence-electron chi connectivity index (χ2n) is 6.93. The number of hydrogen-bond acceptors (Lipinski definition) is 9. The summed E-state index contributed by atoms with van der Waals surface area (Å²) in [5, 5.41) is 20.4. The van der Waals surface area contributed by atoms with Gasteiger partial charge < -0.3 is 20.8 Å². The lowest BCUT2D eigenvalue weighted by Crippen LogP contribution is -2.21. The molecule has 4 aromatic rings. The molecule has 0 atom stereocenters. The molecule has 18 heteroatoms. The number of aliphatic carboxylic acids is 2. The molecule has 0 saturated carbocycles. The largest absolute Gasteiger partial charge is 0.490 e. The zero-order valence-corrected chi connectivity index (χ0v) is 19.9. The van der Waals surface area contributed by atoms with Crippen molar-refractivity contribution in [1.29, 1.82) is 0 Å². The Bertz CT molecular complexity index is 1440. The molecule has 208 valence electrons. The van der Waals surface area contributed by atoms with Crippen LogP contribution in [0.15, 0.2) is 58.8 Å². The van der Waals surface area contributed by atoms with Crippen molar-refractivity contribution in [3.05, 3.63) is 70.1 Å². The molecule has 2 aromatic heterocycles. The molecule has 2 aromatic carbocycles. The number of thiazole rings is 1. The lowest BCUT2D eigenvalue weighted by molar-refractivity contribution is -0.193. The number of anilines is 3. The number of rotatable bonds is 5. The molecule has 0 saturated heterocycles. The van der Waals surface area contributed by atoms with Crippen LogP contribution in [0.5, 0.6) is 0 Å². The molecule has 0 aliphatic heterocycles. The molecular weight excluding hydrogens is 562 g/mol. The Labute approximate surface area is 217 Å². The molecule has 2 heterocycles. The zero-order chi connectivity index (χ0) is 29.2. The Morgan fingerprint density at radius 1 is 0.923 bits per heavy atom. The summed E-state index contributed by atoms with van der Waals surface area (Å²) in [4.78, 5) is 44.6. The van der Waals surface area contributed by atoms with Gasteiger partial charge in [0.15, 0.2) is 0 Å². The van der Waals surface area contributed by atoms with Crippen LogP contribution >= 0.6 is 11.3 Å². The molecule has 5 N–H and O–H groups in total. The van der Waals surface area contributed by atoms with Crippen LogP contribution in [-0.4, -0.2) is 54.4 Å². The highest BCUT2D eigenvalue weighted by atomic mass is 32.1. The minimum atomic E-state index is -5.08. The highest BCUT2D eigenvalue weighted by Crippen LogP contribution is 2.23. The predicted octanol–water partition coefficient (Wildman–Crippen LogP) is 4.40. The molecule has 0 aliphatic rings. The number of nitrogens with zero attached hydrogens (tertiary/aromatic N) is 3. The van der Waals surface area contributed by atoms with Gasteiger partial charge in [0.05, 0.1) is 15.7 Å². The number of halogens is 6. The van der Waals surface area contributed by atoms with Crippen molar-refractivity contribution in [2.45, 2.75) is 18.9 Å². The number of aromatic nitrogens is 4. The van der Waals surface area contributed by atoms with E-state index in [1.807, 2.05) is 48.5 Å². The van der Waals surface area contributed by atoms with Gasteiger partial charge in [-0.05, 0) is 23.8 Å². The standard InChI is InChI=1S/C17H14N6OS.2C2HF3O2/c24-17-22-15(18-9-11-4-2-1-3-5-11)21-16(23-17)20-12-6-7-13-14(8-12)25-10-19-13;2*3-2(4,5)1(6)7/h1-8,10H,9H2,(H3,18,20,21,22,23,24);2*(H,6,7). The van der Waals surface area contributed by atoms with Crippen LogP contribution in [0.1, 0.15) is 5.56 Å². The Kier molecular flexibility index (Phi) is 10.3. The van der Waals surface area contributed by atoms with Gasteiger partial charge in [-0.25, -0.2) is 19.4 Å². The monoisotopic (exact) mass is 578 g/mol. The summed E-state index contributed by atoms with van der Waals surface area (Å²) in [7, 11) is 0. The number of aromatic amines is 1. The average molecular weight is 578 g/mol. The van der Waals surface area contributed by atoms with Gasteiger partial charge in [-0.3, -0.25) is 4.98 Å². The number of H-pyrrole nitrogens is 1. The molecule has 39 heavy (non-hydrogen) atoms. The van der Waals surface area contributed by atoms with Crippen LogP contribution in [0, 0.1) is 0 Å². The van der Waals surface area contributed by atoms with E-state index in [0.29, 0.717) is 12.5 Å².